The third-order valence-corrected chi connectivity index (χ3v) is 5.97. The van der Waals surface area contributed by atoms with Crippen LogP contribution in [0.5, 0.6) is 0 Å². The number of likely N-dealkylation sites (N-methyl/N-ethyl adjacent to an activating group) is 1. The number of hydrogen-bond donors (Lipinski definition) is 2. The second-order valence-corrected chi connectivity index (χ2v) is 8.73. The molecular formula is C30H29N7O. The Hall–Kier alpha value is -4.98. The van der Waals surface area contributed by atoms with Crippen LogP contribution in [0.3, 0.4) is 0 Å². The van der Waals surface area contributed by atoms with Gasteiger partial charge in [0.15, 0.2) is 0 Å². The average molecular weight is 504 g/mol. The van der Waals surface area contributed by atoms with Gasteiger partial charge in [0.05, 0.1) is 23.1 Å². The first-order valence-corrected chi connectivity index (χ1v) is 12.3. The zero-order valence-electron chi connectivity index (χ0n) is 21.4. The van der Waals surface area contributed by atoms with Gasteiger partial charge in [0.1, 0.15) is 12.4 Å². The Morgan fingerprint density at radius 3 is 2.92 bits per heavy atom. The highest BCUT2D eigenvalue weighted by Gasteiger charge is 2.17. The maximum absolute atomic E-state index is 5.69. The normalized spacial score (nSPS) is 13.7. The third-order valence-electron chi connectivity index (χ3n) is 5.97. The van der Waals surface area contributed by atoms with Gasteiger partial charge < -0.3 is 15.4 Å². The van der Waals surface area contributed by atoms with E-state index in [4.69, 9.17) is 14.8 Å². The molecular weight excluding hydrogens is 474 g/mol. The van der Waals surface area contributed by atoms with E-state index in [-0.39, 0.29) is 0 Å². The highest BCUT2D eigenvalue weighted by molar-refractivity contribution is 5.81. The van der Waals surface area contributed by atoms with Crippen molar-refractivity contribution in [3.63, 3.8) is 0 Å². The van der Waals surface area contributed by atoms with E-state index >= 15 is 0 Å². The van der Waals surface area contributed by atoms with E-state index < -0.39 is 0 Å². The Bertz CT molecular complexity index is 1590. The zero-order valence-corrected chi connectivity index (χ0v) is 21.4. The molecule has 0 saturated heterocycles. The number of pyridine rings is 1. The lowest BCUT2D eigenvalue weighted by Crippen LogP contribution is -2.04. The number of ether oxygens (including phenoxy) is 1. The summed E-state index contributed by atoms with van der Waals surface area (Å²) in [6.45, 7) is 6.35. The number of hydrogen-bond acceptors (Lipinski definition) is 7. The Balaban J connectivity index is 1.48. The number of rotatable bonds is 9. The number of benzene rings is 1. The molecule has 1 aromatic carbocycles. The monoisotopic (exact) mass is 503 g/mol. The van der Waals surface area contributed by atoms with Crippen LogP contribution >= 0.6 is 0 Å². The van der Waals surface area contributed by atoms with Crippen molar-refractivity contribution in [2.75, 3.05) is 19.0 Å². The first-order valence-electron chi connectivity index (χ1n) is 12.3. The maximum atomic E-state index is 5.69. The standard InChI is InChI=1S/C30H29N7O/c1-4-8-23(31-3)17-21(2)18-26-29(27-11-5-6-15-37(27)36-26)25-12-13-33-30(35-25)34-24-10-7-9-22(19-24)28-20-32-14-16-38-28/h4-15,17,19-20,31H,1,16,18H2,2-3H3,(H,33,34,35)/b21-17+,23-8+. The molecule has 0 atom stereocenters. The van der Waals surface area contributed by atoms with Crippen molar-refractivity contribution in [1.82, 2.24) is 24.9 Å². The van der Waals surface area contributed by atoms with Crippen molar-refractivity contribution in [3.8, 4) is 11.3 Å². The fraction of sp³-hybridized carbons (Fsp3) is 0.133. The van der Waals surface area contributed by atoms with Gasteiger partial charge in [-0.25, -0.2) is 14.5 Å². The first kappa shape index (κ1) is 24.7. The van der Waals surface area contributed by atoms with Gasteiger partial charge in [0, 0.05) is 54.6 Å². The number of aromatic nitrogens is 4. The fourth-order valence-electron chi connectivity index (χ4n) is 4.28. The van der Waals surface area contributed by atoms with Crippen molar-refractivity contribution >= 4 is 29.1 Å². The van der Waals surface area contributed by atoms with Crippen LogP contribution in [-0.4, -0.2) is 39.5 Å². The summed E-state index contributed by atoms with van der Waals surface area (Å²) in [5.41, 5.74) is 7.63. The zero-order chi connectivity index (χ0) is 26.3. The van der Waals surface area contributed by atoms with Gasteiger partial charge in [-0.1, -0.05) is 36.4 Å². The van der Waals surface area contributed by atoms with Crippen molar-refractivity contribution in [1.29, 1.82) is 0 Å². The Kier molecular flexibility index (Phi) is 7.40. The summed E-state index contributed by atoms with van der Waals surface area (Å²) in [5, 5.41) is 11.4. The second kappa shape index (κ2) is 11.4. The first-order chi connectivity index (χ1) is 18.6. The quantitative estimate of drug-likeness (QED) is 0.284. The number of aliphatic imine (C=N–C) groups is 1. The van der Waals surface area contributed by atoms with E-state index in [2.05, 4.69) is 46.3 Å². The molecule has 4 aromatic rings. The van der Waals surface area contributed by atoms with E-state index in [1.54, 1.807) is 24.7 Å². The lowest BCUT2D eigenvalue weighted by atomic mass is 10.0. The topological polar surface area (TPSA) is 88.7 Å². The number of anilines is 2. The Morgan fingerprint density at radius 1 is 1.18 bits per heavy atom. The molecule has 0 amide bonds. The minimum absolute atomic E-state index is 0.464. The predicted octanol–water partition coefficient (Wildman–Crippen LogP) is 5.71. The SMILES string of the molecule is C=C/C=C(\C=C(/C)Cc1nn2ccccc2c1-c1ccnc(Nc2cccc(C3=CN=CCO3)c2)n1)NC. The number of allylic oxidation sites excluding steroid dienone is 4. The molecule has 0 bridgehead atoms. The molecule has 38 heavy (non-hydrogen) atoms. The molecule has 0 radical (unpaired) electrons. The van der Waals surface area contributed by atoms with Gasteiger partial charge >= 0.3 is 0 Å². The summed E-state index contributed by atoms with van der Waals surface area (Å²) in [7, 11) is 1.90. The van der Waals surface area contributed by atoms with Crippen LogP contribution in [-0.2, 0) is 11.2 Å². The number of nitrogens with one attached hydrogen (secondary N) is 2. The molecule has 8 heteroatoms. The maximum Gasteiger partial charge on any atom is 0.227 e. The Labute approximate surface area is 221 Å². The van der Waals surface area contributed by atoms with E-state index in [0.717, 1.165) is 50.7 Å². The minimum atomic E-state index is 0.464. The molecule has 1 aliphatic rings. The molecule has 4 heterocycles. The van der Waals surface area contributed by atoms with Crippen LogP contribution in [0.15, 0.2) is 108 Å². The van der Waals surface area contributed by atoms with Gasteiger partial charge in [-0.3, -0.25) is 4.99 Å². The molecule has 0 saturated carbocycles. The van der Waals surface area contributed by atoms with Crippen LogP contribution in [0.1, 0.15) is 18.2 Å². The molecule has 1 aliphatic heterocycles. The van der Waals surface area contributed by atoms with Gasteiger partial charge in [-0.2, -0.15) is 5.10 Å². The van der Waals surface area contributed by atoms with Crippen molar-refractivity contribution in [2.24, 2.45) is 4.99 Å². The van der Waals surface area contributed by atoms with Crippen molar-refractivity contribution < 1.29 is 4.74 Å². The highest BCUT2D eigenvalue weighted by Crippen LogP contribution is 2.30. The molecule has 2 N–H and O–H groups in total. The third kappa shape index (κ3) is 5.54. The smallest absolute Gasteiger partial charge is 0.227 e. The molecule has 3 aromatic heterocycles. The lowest BCUT2D eigenvalue weighted by molar-refractivity contribution is 0.332. The van der Waals surface area contributed by atoms with E-state index in [1.165, 1.54) is 0 Å². The fourth-order valence-corrected chi connectivity index (χ4v) is 4.28. The highest BCUT2D eigenvalue weighted by atomic mass is 16.5. The Morgan fingerprint density at radius 2 is 2.11 bits per heavy atom. The van der Waals surface area contributed by atoms with Crippen molar-refractivity contribution in [2.45, 2.75) is 13.3 Å². The largest absolute Gasteiger partial charge is 0.486 e. The van der Waals surface area contributed by atoms with Gasteiger partial charge in [-0.05, 0) is 49.4 Å². The average Bonchev–Trinajstić information content (AvgIpc) is 3.31. The van der Waals surface area contributed by atoms with Crippen molar-refractivity contribution in [3.05, 3.63) is 114 Å². The molecule has 5 rings (SSSR count). The van der Waals surface area contributed by atoms with Gasteiger partial charge in [0.2, 0.25) is 5.95 Å². The molecule has 0 spiro atoms. The summed E-state index contributed by atoms with van der Waals surface area (Å²) >= 11 is 0. The molecule has 0 fully saturated rings. The van der Waals surface area contributed by atoms with Gasteiger partial charge in [-0.15, -0.1) is 0 Å². The second-order valence-electron chi connectivity index (χ2n) is 8.73. The summed E-state index contributed by atoms with van der Waals surface area (Å²) in [5.74, 6) is 1.23. The summed E-state index contributed by atoms with van der Waals surface area (Å²) < 4.78 is 7.59. The minimum Gasteiger partial charge on any atom is -0.486 e. The lowest BCUT2D eigenvalue weighted by Gasteiger charge is -2.12. The molecule has 0 aliphatic carbocycles. The van der Waals surface area contributed by atoms with E-state index in [0.29, 0.717) is 19.0 Å². The van der Waals surface area contributed by atoms with Crippen LogP contribution < -0.4 is 10.6 Å². The predicted molar refractivity (Wildman–Crippen MR) is 153 cm³/mol. The summed E-state index contributed by atoms with van der Waals surface area (Å²) in [4.78, 5) is 13.5. The number of fused-ring (bicyclic) bond motifs is 1. The van der Waals surface area contributed by atoms with E-state index in [9.17, 15) is 0 Å². The van der Waals surface area contributed by atoms with Crippen LogP contribution in [0.2, 0.25) is 0 Å². The summed E-state index contributed by atoms with van der Waals surface area (Å²) in [6.07, 6.45) is 13.6. The molecule has 0 unspecified atom stereocenters. The van der Waals surface area contributed by atoms with Crippen LogP contribution in [0.25, 0.3) is 22.5 Å². The molecule has 190 valence electrons. The molecule has 8 nitrogen and oxygen atoms in total. The summed E-state index contributed by atoms with van der Waals surface area (Å²) in [6, 6.07) is 15.9. The van der Waals surface area contributed by atoms with E-state index in [1.807, 2.05) is 66.3 Å². The van der Waals surface area contributed by atoms with Crippen LogP contribution in [0.4, 0.5) is 11.6 Å². The van der Waals surface area contributed by atoms with Crippen LogP contribution in [0, 0.1) is 0 Å². The van der Waals surface area contributed by atoms with Gasteiger partial charge in [0.25, 0.3) is 0 Å². The number of nitrogens with zero attached hydrogens (tertiary/aromatic N) is 5.